The molecular weight excluding hydrogens is 352 g/mol. The van der Waals surface area contributed by atoms with E-state index in [1.807, 2.05) is 6.08 Å². The molecule has 6 unspecified atom stereocenters. The highest BCUT2D eigenvalue weighted by Crippen LogP contribution is 2.69. The summed E-state index contributed by atoms with van der Waals surface area (Å²) in [5.41, 5.74) is 1.24. The van der Waals surface area contributed by atoms with Crippen molar-refractivity contribution in [2.45, 2.75) is 118 Å². The van der Waals surface area contributed by atoms with E-state index in [2.05, 4.69) is 27.7 Å². The van der Waals surface area contributed by atoms with E-state index in [4.69, 9.17) is 0 Å². The summed E-state index contributed by atoms with van der Waals surface area (Å²) in [6, 6.07) is 0. The lowest BCUT2D eigenvalue weighted by Crippen LogP contribution is -2.55. The van der Waals surface area contributed by atoms with E-state index in [-0.39, 0.29) is 0 Å². The maximum absolute atomic E-state index is 10.0. The topological polar surface area (TPSA) is 20.2 Å². The van der Waals surface area contributed by atoms with Crippen molar-refractivity contribution < 1.29 is 5.11 Å². The Labute approximate surface area is 181 Å². The molecule has 0 radical (unpaired) electrons. The van der Waals surface area contributed by atoms with E-state index in [0.717, 1.165) is 48.3 Å². The summed E-state index contributed by atoms with van der Waals surface area (Å²) in [6.07, 6.45) is 21.3. The monoisotopic (exact) mass is 400 g/mol. The molecule has 166 valence electrons. The molecule has 8 atom stereocenters. The summed E-state index contributed by atoms with van der Waals surface area (Å²) < 4.78 is 0. The maximum Gasteiger partial charge on any atom is 0.0882 e. The number of aliphatic hydroxyl groups is 1. The van der Waals surface area contributed by atoms with Crippen LogP contribution in [0.5, 0.6) is 0 Å². The molecule has 1 heteroatoms. The summed E-state index contributed by atoms with van der Waals surface area (Å²) in [6.45, 7) is 10.0. The molecule has 0 spiro atoms. The predicted octanol–water partition coefficient (Wildman–Crippen LogP) is 8.69. The van der Waals surface area contributed by atoms with Crippen LogP contribution in [0.3, 0.4) is 0 Å². The average molecular weight is 401 g/mol. The van der Waals surface area contributed by atoms with Gasteiger partial charge in [0.1, 0.15) is 0 Å². The molecule has 1 N–H and O–H groups in total. The van der Waals surface area contributed by atoms with Gasteiger partial charge in [0, 0.05) is 6.42 Å². The first-order valence-electron chi connectivity index (χ1n) is 13.3. The number of hydrogen-bond acceptors (Lipinski definition) is 1. The summed E-state index contributed by atoms with van der Waals surface area (Å²) in [5.74, 6) is 6.57. The standard InChI is InChI=1S/C28H48O/c1-5-10-22(29)12-9-11-21-14-15-25-23-19-20(6-2)24-13-7-8-17-28(24,4)26(23)16-18-27(21,25)3/h10,20-21,23-26,29H,5-9,11-19H2,1-4H3/b22-10+/t20-,21?,23?,24?,25?,26-,27?,28?/m0/s1. The Kier molecular flexibility index (Phi) is 6.44. The maximum atomic E-state index is 10.0. The van der Waals surface area contributed by atoms with Gasteiger partial charge in [-0.1, -0.05) is 47.0 Å². The molecule has 0 aromatic rings. The van der Waals surface area contributed by atoms with Crippen molar-refractivity contribution in [1.82, 2.24) is 0 Å². The molecule has 0 amide bonds. The van der Waals surface area contributed by atoms with Crippen LogP contribution in [0.25, 0.3) is 0 Å². The van der Waals surface area contributed by atoms with Gasteiger partial charge in [0.15, 0.2) is 0 Å². The van der Waals surface area contributed by atoms with Gasteiger partial charge in [-0.15, -0.1) is 0 Å². The molecule has 0 aromatic heterocycles. The minimum absolute atomic E-state index is 0.585. The number of allylic oxidation sites excluding steroid dienone is 2. The first-order valence-corrected chi connectivity index (χ1v) is 13.3. The lowest BCUT2D eigenvalue weighted by Gasteiger charge is -2.62. The third kappa shape index (κ3) is 3.71. The number of rotatable bonds is 6. The van der Waals surface area contributed by atoms with Crippen molar-refractivity contribution in [3.63, 3.8) is 0 Å². The second-order valence-electron chi connectivity index (χ2n) is 12.0. The molecule has 0 saturated heterocycles. The molecule has 4 saturated carbocycles. The Morgan fingerprint density at radius 2 is 1.72 bits per heavy atom. The van der Waals surface area contributed by atoms with E-state index < -0.39 is 0 Å². The summed E-state index contributed by atoms with van der Waals surface area (Å²) in [4.78, 5) is 0. The molecule has 0 aliphatic heterocycles. The van der Waals surface area contributed by atoms with Crippen LogP contribution in [0.4, 0.5) is 0 Å². The van der Waals surface area contributed by atoms with Crippen LogP contribution >= 0.6 is 0 Å². The van der Waals surface area contributed by atoms with Gasteiger partial charge < -0.3 is 5.11 Å². The van der Waals surface area contributed by atoms with E-state index in [1.165, 1.54) is 70.6 Å². The summed E-state index contributed by atoms with van der Waals surface area (Å²) in [5, 5.41) is 10.0. The van der Waals surface area contributed by atoms with Gasteiger partial charge in [0.2, 0.25) is 0 Å². The molecule has 4 aliphatic rings. The summed E-state index contributed by atoms with van der Waals surface area (Å²) in [7, 11) is 0. The minimum Gasteiger partial charge on any atom is -0.513 e. The highest BCUT2D eigenvalue weighted by atomic mass is 16.3. The number of aliphatic hydroxyl groups excluding tert-OH is 1. The fourth-order valence-corrected chi connectivity index (χ4v) is 9.47. The van der Waals surface area contributed by atoms with Crippen LogP contribution in [0.1, 0.15) is 118 Å². The zero-order valence-electron chi connectivity index (χ0n) is 19.9. The molecule has 0 aromatic carbocycles. The Balaban J connectivity index is 1.48. The van der Waals surface area contributed by atoms with Crippen LogP contribution in [0, 0.1) is 46.3 Å². The summed E-state index contributed by atoms with van der Waals surface area (Å²) >= 11 is 0. The van der Waals surface area contributed by atoms with Gasteiger partial charge in [-0.25, -0.2) is 0 Å². The van der Waals surface area contributed by atoms with E-state index in [0.29, 0.717) is 16.6 Å². The van der Waals surface area contributed by atoms with Gasteiger partial charge in [0.25, 0.3) is 0 Å². The molecule has 0 bridgehead atoms. The van der Waals surface area contributed by atoms with Crippen molar-refractivity contribution in [1.29, 1.82) is 0 Å². The van der Waals surface area contributed by atoms with Crippen molar-refractivity contribution >= 4 is 0 Å². The predicted molar refractivity (Wildman–Crippen MR) is 124 cm³/mol. The van der Waals surface area contributed by atoms with Crippen molar-refractivity contribution in [3.8, 4) is 0 Å². The quantitative estimate of drug-likeness (QED) is 0.442. The second kappa shape index (κ2) is 8.58. The Morgan fingerprint density at radius 3 is 2.48 bits per heavy atom. The highest BCUT2D eigenvalue weighted by Gasteiger charge is 2.60. The Bertz CT molecular complexity index is 593. The first kappa shape index (κ1) is 21.8. The number of fused-ring (bicyclic) bond motifs is 5. The zero-order valence-corrected chi connectivity index (χ0v) is 19.9. The van der Waals surface area contributed by atoms with Crippen LogP contribution in [0.15, 0.2) is 11.8 Å². The van der Waals surface area contributed by atoms with Crippen LogP contribution < -0.4 is 0 Å². The van der Waals surface area contributed by atoms with Gasteiger partial charge in [-0.3, -0.25) is 0 Å². The van der Waals surface area contributed by atoms with Crippen molar-refractivity contribution in [2.24, 2.45) is 46.3 Å². The molecule has 4 rings (SSSR count). The molecule has 4 fully saturated rings. The lowest BCUT2D eigenvalue weighted by molar-refractivity contribution is -0.135. The van der Waals surface area contributed by atoms with Crippen LogP contribution in [-0.2, 0) is 0 Å². The Morgan fingerprint density at radius 1 is 0.931 bits per heavy atom. The SMILES string of the molecule is CC/C=C(/O)CCCC1CCC2C3C[C@H](CC)C4CCCCC4(C)[C@H]3CCC12C. The molecule has 0 heterocycles. The third-order valence-electron chi connectivity index (χ3n) is 10.9. The molecular formula is C28H48O. The zero-order chi connectivity index (χ0) is 20.6. The van der Waals surface area contributed by atoms with Crippen molar-refractivity contribution in [2.75, 3.05) is 0 Å². The van der Waals surface area contributed by atoms with E-state index >= 15 is 0 Å². The van der Waals surface area contributed by atoms with Gasteiger partial charge in [-0.2, -0.15) is 0 Å². The molecule has 29 heavy (non-hydrogen) atoms. The Hall–Kier alpha value is -0.460. The van der Waals surface area contributed by atoms with E-state index in [9.17, 15) is 5.11 Å². The first-order chi connectivity index (χ1) is 13.9. The van der Waals surface area contributed by atoms with Crippen LogP contribution in [-0.4, -0.2) is 5.11 Å². The third-order valence-corrected chi connectivity index (χ3v) is 10.9. The lowest BCUT2D eigenvalue weighted by atomic mass is 9.42. The van der Waals surface area contributed by atoms with Crippen LogP contribution in [0.2, 0.25) is 0 Å². The van der Waals surface area contributed by atoms with E-state index in [1.54, 1.807) is 6.42 Å². The number of hydrogen-bond donors (Lipinski definition) is 1. The normalized spacial score (nSPS) is 47.4. The van der Waals surface area contributed by atoms with Gasteiger partial charge in [0.05, 0.1) is 5.76 Å². The van der Waals surface area contributed by atoms with Crippen molar-refractivity contribution in [3.05, 3.63) is 11.8 Å². The van der Waals surface area contributed by atoms with Gasteiger partial charge in [-0.05, 0) is 117 Å². The van der Waals surface area contributed by atoms with Gasteiger partial charge >= 0.3 is 0 Å². The smallest absolute Gasteiger partial charge is 0.0882 e. The minimum atomic E-state index is 0.585. The molecule has 1 nitrogen and oxygen atoms in total. The largest absolute Gasteiger partial charge is 0.513 e. The molecule has 4 aliphatic carbocycles. The highest BCUT2D eigenvalue weighted by molar-refractivity contribution is 5.10. The average Bonchev–Trinajstić information content (AvgIpc) is 3.04. The second-order valence-corrected chi connectivity index (χ2v) is 12.0. The fourth-order valence-electron chi connectivity index (χ4n) is 9.47. The fraction of sp³-hybridized carbons (Fsp3) is 0.929.